The van der Waals surface area contributed by atoms with E-state index in [1.165, 1.54) is 20.0 Å². The molecule has 0 aromatic rings. The third-order valence-corrected chi connectivity index (χ3v) is 5.38. The monoisotopic (exact) mass is 271 g/mol. The molecule has 0 aromatic heterocycles. The first-order chi connectivity index (χ1) is 8.74. The molecule has 3 aliphatic rings. The molecule has 102 valence electrons. The molecule has 1 heterocycles. The Kier molecular flexibility index (Phi) is 3.56. The van der Waals surface area contributed by atoms with E-state index in [0.29, 0.717) is 17.2 Å². The van der Waals surface area contributed by atoms with Gasteiger partial charge >= 0.3 is 5.97 Å². The van der Waals surface area contributed by atoms with Gasteiger partial charge in [-0.3, -0.25) is 10.1 Å². The molecular weight excluding hydrogens is 250 g/mol. The van der Waals surface area contributed by atoms with Crippen molar-refractivity contribution in [2.24, 2.45) is 5.92 Å². The van der Waals surface area contributed by atoms with Crippen molar-refractivity contribution < 1.29 is 14.3 Å². The summed E-state index contributed by atoms with van der Waals surface area (Å²) in [6.07, 6.45) is 4.69. The molecule has 0 spiro atoms. The standard InChI is InChI=1S/C13H21NO3S/c1-16-12(15)13(9-2-3-9,14-10-4-5-10)8-18-11-6-17-7-11/h9-11,14H,2-8H2,1H3. The summed E-state index contributed by atoms with van der Waals surface area (Å²) in [5.74, 6) is 1.23. The van der Waals surface area contributed by atoms with Crippen LogP contribution < -0.4 is 5.32 Å². The molecule has 1 N–H and O–H groups in total. The van der Waals surface area contributed by atoms with E-state index >= 15 is 0 Å². The van der Waals surface area contributed by atoms with E-state index in [0.717, 1.165) is 31.8 Å². The quantitative estimate of drug-likeness (QED) is 0.705. The number of nitrogens with one attached hydrogen (secondary N) is 1. The molecule has 1 aliphatic heterocycles. The minimum absolute atomic E-state index is 0.0651. The third-order valence-electron chi connectivity index (χ3n) is 4.02. The molecule has 2 saturated carbocycles. The van der Waals surface area contributed by atoms with E-state index in [9.17, 15) is 4.79 Å². The van der Waals surface area contributed by atoms with Crippen molar-refractivity contribution in [1.82, 2.24) is 5.32 Å². The Labute approximate surface area is 112 Å². The summed E-state index contributed by atoms with van der Waals surface area (Å²) in [6, 6.07) is 0.531. The zero-order valence-electron chi connectivity index (χ0n) is 10.8. The average Bonchev–Trinajstić information content (AvgIpc) is 3.14. The number of carbonyl (C=O) groups is 1. The molecule has 1 saturated heterocycles. The number of methoxy groups -OCH3 is 1. The van der Waals surface area contributed by atoms with Crippen LogP contribution in [0.4, 0.5) is 0 Å². The zero-order chi connectivity index (χ0) is 12.6. The van der Waals surface area contributed by atoms with Crippen molar-refractivity contribution in [1.29, 1.82) is 0 Å². The van der Waals surface area contributed by atoms with Gasteiger partial charge in [-0.25, -0.2) is 0 Å². The van der Waals surface area contributed by atoms with Crippen LogP contribution in [0.1, 0.15) is 25.7 Å². The minimum Gasteiger partial charge on any atom is -0.468 e. The summed E-state index contributed by atoms with van der Waals surface area (Å²) in [7, 11) is 1.51. The molecule has 5 heteroatoms. The Morgan fingerprint density at radius 2 is 2.11 bits per heavy atom. The van der Waals surface area contributed by atoms with Crippen LogP contribution in [-0.2, 0) is 14.3 Å². The second kappa shape index (κ2) is 5.02. The fraction of sp³-hybridized carbons (Fsp3) is 0.923. The topological polar surface area (TPSA) is 47.6 Å². The zero-order valence-corrected chi connectivity index (χ0v) is 11.6. The molecule has 1 unspecified atom stereocenters. The molecule has 0 amide bonds. The fourth-order valence-electron chi connectivity index (χ4n) is 2.47. The predicted molar refractivity (Wildman–Crippen MR) is 70.7 cm³/mol. The average molecular weight is 271 g/mol. The predicted octanol–water partition coefficient (Wildman–Crippen LogP) is 1.19. The van der Waals surface area contributed by atoms with Gasteiger partial charge in [-0.05, 0) is 31.6 Å². The Morgan fingerprint density at radius 1 is 1.39 bits per heavy atom. The number of esters is 1. The van der Waals surface area contributed by atoms with Crippen LogP contribution >= 0.6 is 11.8 Å². The van der Waals surface area contributed by atoms with Crippen molar-refractivity contribution in [3.05, 3.63) is 0 Å². The summed E-state index contributed by atoms with van der Waals surface area (Å²) in [6.45, 7) is 1.66. The van der Waals surface area contributed by atoms with E-state index in [4.69, 9.17) is 9.47 Å². The molecule has 2 aliphatic carbocycles. The summed E-state index contributed by atoms with van der Waals surface area (Å²) in [5.41, 5.74) is -0.434. The number of ether oxygens (including phenoxy) is 2. The summed E-state index contributed by atoms with van der Waals surface area (Å²) in [4.78, 5) is 12.3. The van der Waals surface area contributed by atoms with Crippen molar-refractivity contribution in [3.8, 4) is 0 Å². The number of carbonyl (C=O) groups excluding carboxylic acids is 1. The number of rotatable bonds is 7. The lowest BCUT2D eigenvalue weighted by Crippen LogP contribution is -2.58. The highest BCUT2D eigenvalue weighted by molar-refractivity contribution is 8.00. The van der Waals surface area contributed by atoms with Gasteiger partial charge in [-0.2, -0.15) is 11.8 Å². The molecular formula is C13H21NO3S. The SMILES string of the molecule is COC(=O)C(CSC1COC1)(NC1CC1)C1CC1. The van der Waals surface area contributed by atoms with E-state index in [1.807, 2.05) is 11.8 Å². The second-order valence-corrected chi connectivity index (χ2v) is 6.91. The summed E-state index contributed by atoms with van der Waals surface area (Å²) < 4.78 is 10.3. The van der Waals surface area contributed by atoms with Crippen LogP contribution in [0.5, 0.6) is 0 Å². The largest absolute Gasteiger partial charge is 0.468 e. The lowest BCUT2D eigenvalue weighted by atomic mass is 9.95. The first-order valence-electron chi connectivity index (χ1n) is 6.80. The lowest BCUT2D eigenvalue weighted by molar-refractivity contribution is -0.148. The van der Waals surface area contributed by atoms with Crippen LogP contribution in [0.2, 0.25) is 0 Å². The Hall–Kier alpha value is -0.260. The number of hydrogen-bond donors (Lipinski definition) is 1. The first-order valence-corrected chi connectivity index (χ1v) is 7.85. The fourth-order valence-corrected chi connectivity index (χ4v) is 3.79. The van der Waals surface area contributed by atoms with Crippen LogP contribution in [0.3, 0.4) is 0 Å². The smallest absolute Gasteiger partial charge is 0.327 e. The molecule has 1 atom stereocenters. The number of hydrogen-bond acceptors (Lipinski definition) is 5. The molecule has 18 heavy (non-hydrogen) atoms. The van der Waals surface area contributed by atoms with Gasteiger partial charge in [0, 0.05) is 11.8 Å². The molecule has 0 aromatic carbocycles. The number of thioether (sulfide) groups is 1. The van der Waals surface area contributed by atoms with Gasteiger partial charge in [0.25, 0.3) is 0 Å². The minimum atomic E-state index is -0.434. The second-order valence-electron chi connectivity index (χ2n) is 5.63. The maximum Gasteiger partial charge on any atom is 0.327 e. The maximum atomic E-state index is 12.3. The van der Waals surface area contributed by atoms with Gasteiger partial charge in [0.15, 0.2) is 0 Å². The van der Waals surface area contributed by atoms with Crippen LogP contribution in [0, 0.1) is 5.92 Å². The van der Waals surface area contributed by atoms with Crippen molar-refractivity contribution in [2.45, 2.75) is 42.5 Å². The van der Waals surface area contributed by atoms with E-state index in [-0.39, 0.29) is 5.97 Å². The van der Waals surface area contributed by atoms with Crippen molar-refractivity contribution >= 4 is 17.7 Å². The molecule has 0 radical (unpaired) electrons. The van der Waals surface area contributed by atoms with Crippen molar-refractivity contribution in [2.75, 3.05) is 26.1 Å². The molecule has 0 bridgehead atoms. The highest BCUT2D eigenvalue weighted by atomic mass is 32.2. The van der Waals surface area contributed by atoms with Crippen molar-refractivity contribution in [3.63, 3.8) is 0 Å². The molecule has 4 nitrogen and oxygen atoms in total. The maximum absolute atomic E-state index is 12.3. The normalized spacial score (nSPS) is 27.4. The Balaban J connectivity index is 1.67. The van der Waals surface area contributed by atoms with Gasteiger partial charge in [0.2, 0.25) is 0 Å². The van der Waals surface area contributed by atoms with Gasteiger partial charge in [0.1, 0.15) is 5.54 Å². The van der Waals surface area contributed by atoms with Crippen LogP contribution in [-0.4, -0.2) is 48.9 Å². The van der Waals surface area contributed by atoms with Gasteiger partial charge < -0.3 is 9.47 Å². The van der Waals surface area contributed by atoms with Gasteiger partial charge in [-0.1, -0.05) is 0 Å². The highest BCUT2D eigenvalue weighted by Gasteiger charge is 2.54. The third kappa shape index (κ3) is 2.53. The van der Waals surface area contributed by atoms with Crippen LogP contribution in [0.15, 0.2) is 0 Å². The lowest BCUT2D eigenvalue weighted by Gasteiger charge is -2.35. The Bertz CT molecular complexity index is 326. The summed E-state index contributed by atoms with van der Waals surface area (Å²) in [5, 5.41) is 4.15. The molecule has 3 rings (SSSR count). The first kappa shape index (κ1) is 12.8. The Morgan fingerprint density at radius 3 is 2.56 bits per heavy atom. The van der Waals surface area contributed by atoms with E-state index in [2.05, 4.69) is 5.32 Å². The summed E-state index contributed by atoms with van der Waals surface area (Å²) >= 11 is 1.86. The van der Waals surface area contributed by atoms with Gasteiger partial charge in [-0.15, -0.1) is 0 Å². The van der Waals surface area contributed by atoms with E-state index < -0.39 is 5.54 Å². The highest BCUT2D eigenvalue weighted by Crippen LogP contribution is 2.44. The van der Waals surface area contributed by atoms with Gasteiger partial charge in [0.05, 0.1) is 25.6 Å². The van der Waals surface area contributed by atoms with Crippen LogP contribution in [0.25, 0.3) is 0 Å². The molecule has 3 fully saturated rings. The van der Waals surface area contributed by atoms with E-state index in [1.54, 1.807) is 0 Å².